The predicted octanol–water partition coefficient (Wildman–Crippen LogP) is 3.97. The average molecular weight is 306 g/mol. The van der Waals surface area contributed by atoms with E-state index in [0.29, 0.717) is 0 Å². The lowest BCUT2D eigenvalue weighted by Crippen LogP contribution is -2.25. The first-order valence-corrected chi connectivity index (χ1v) is 7.88. The predicted molar refractivity (Wildman–Crippen MR) is 88.9 cm³/mol. The third-order valence-electron chi connectivity index (χ3n) is 3.88. The van der Waals surface area contributed by atoms with Crippen LogP contribution in [0.5, 0.6) is 0 Å². The van der Waals surface area contributed by atoms with Crippen LogP contribution in [0.2, 0.25) is 5.02 Å². The molecule has 0 radical (unpaired) electrons. The van der Waals surface area contributed by atoms with Crippen LogP contribution in [-0.2, 0) is 13.5 Å². The molecule has 1 atom stereocenters. The highest BCUT2D eigenvalue weighted by Gasteiger charge is 2.20. The molecule has 0 fully saturated rings. The Balaban J connectivity index is 2.29. The van der Waals surface area contributed by atoms with Gasteiger partial charge in [-0.3, -0.25) is 4.68 Å². The third-order valence-corrected chi connectivity index (χ3v) is 4.12. The van der Waals surface area contributed by atoms with Crippen LogP contribution in [0.3, 0.4) is 0 Å². The second kappa shape index (κ2) is 7.10. The highest BCUT2D eigenvalue weighted by Crippen LogP contribution is 2.25. The van der Waals surface area contributed by atoms with Gasteiger partial charge in [-0.25, -0.2) is 0 Å². The molecule has 1 heterocycles. The zero-order valence-corrected chi connectivity index (χ0v) is 14.0. The van der Waals surface area contributed by atoms with E-state index in [-0.39, 0.29) is 6.04 Å². The molecule has 0 aliphatic heterocycles. The Kier molecular flexibility index (Phi) is 5.43. The molecule has 1 aromatic heterocycles. The molecule has 1 N–H and O–H groups in total. The Hall–Kier alpha value is -1.32. The van der Waals surface area contributed by atoms with Crippen molar-refractivity contribution in [3.63, 3.8) is 0 Å². The molecule has 4 heteroatoms. The second-order valence-corrected chi connectivity index (χ2v) is 5.99. The van der Waals surface area contributed by atoms with Gasteiger partial charge >= 0.3 is 0 Å². The van der Waals surface area contributed by atoms with Gasteiger partial charge in [-0.1, -0.05) is 30.7 Å². The van der Waals surface area contributed by atoms with Gasteiger partial charge in [0.2, 0.25) is 0 Å². The summed E-state index contributed by atoms with van der Waals surface area (Å²) in [6, 6.07) is 8.38. The molecule has 2 rings (SSSR count). The van der Waals surface area contributed by atoms with E-state index in [1.54, 1.807) is 0 Å². The van der Waals surface area contributed by atoms with Crippen molar-refractivity contribution in [2.45, 2.75) is 39.7 Å². The molecular formula is C17H24ClN3. The topological polar surface area (TPSA) is 29.9 Å². The molecule has 1 aromatic carbocycles. The third kappa shape index (κ3) is 3.86. The maximum Gasteiger partial charge on any atom is 0.0644 e. The van der Waals surface area contributed by atoms with Crippen molar-refractivity contribution in [1.29, 1.82) is 0 Å². The smallest absolute Gasteiger partial charge is 0.0644 e. The molecule has 0 aliphatic rings. The van der Waals surface area contributed by atoms with E-state index in [0.717, 1.165) is 30.1 Å². The van der Waals surface area contributed by atoms with E-state index in [1.165, 1.54) is 16.8 Å². The minimum atomic E-state index is 0.275. The highest BCUT2D eigenvalue weighted by molar-refractivity contribution is 6.30. The molecule has 21 heavy (non-hydrogen) atoms. The number of hydrogen-bond acceptors (Lipinski definition) is 2. The Morgan fingerprint density at radius 3 is 2.67 bits per heavy atom. The summed E-state index contributed by atoms with van der Waals surface area (Å²) < 4.78 is 1.96. The zero-order valence-electron chi connectivity index (χ0n) is 13.3. The van der Waals surface area contributed by atoms with Crippen molar-refractivity contribution in [2.75, 3.05) is 6.54 Å². The number of benzene rings is 1. The van der Waals surface area contributed by atoms with Gasteiger partial charge in [0.05, 0.1) is 5.69 Å². The number of aryl methyl sites for hydroxylation is 2. The number of rotatable bonds is 6. The van der Waals surface area contributed by atoms with Crippen LogP contribution in [0.25, 0.3) is 0 Å². The van der Waals surface area contributed by atoms with E-state index in [1.807, 2.05) is 29.9 Å². The monoisotopic (exact) mass is 305 g/mol. The standard InChI is InChI=1S/C17H24ClN3/c1-5-9-19-16(11-14-7-6-8-15(18)10-14)17-12(2)20-21(4)13(17)3/h6-8,10,16,19H,5,9,11H2,1-4H3. The first kappa shape index (κ1) is 16.1. The molecule has 2 aromatic rings. The Morgan fingerprint density at radius 2 is 2.10 bits per heavy atom. The van der Waals surface area contributed by atoms with Gasteiger partial charge in [-0.05, 0) is 50.9 Å². The van der Waals surface area contributed by atoms with E-state index in [9.17, 15) is 0 Å². The van der Waals surface area contributed by atoms with Crippen LogP contribution >= 0.6 is 11.6 Å². The molecular weight excluding hydrogens is 282 g/mol. The highest BCUT2D eigenvalue weighted by atomic mass is 35.5. The first-order valence-electron chi connectivity index (χ1n) is 7.50. The van der Waals surface area contributed by atoms with E-state index in [2.05, 4.69) is 37.3 Å². The molecule has 3 nitrogen and oxygen atoms in total. The Bertz CT molecular complexity index is 604. The van der Waals surface area contributed by atoms with E-state index in [4.69, 9.17) is 11.6 Å². The largest absolute Gasteiger partial charge is 0.310 e. The van der Waals surface area contributed by atoms with Gasteiger partial charge in [0.15, 0.2) is 0 Å². The number of hydrogen-bond donors (Lipinski definition) is 1. The number of aromatic nitrogens is 2. The normalized spacial score (nSPS) is 12.6. The van der Waals surface area contributed by atoms with Crippen molar-refractivity contribution in [3.8, 4) is 0 Å². The van der Waals surface area contributed by atoms with Crippen LogP contribution in [0.1, 0.15) is 41.9 Å². The lowest BCUT2D eigenvalue weighted by molar-refractivity contribution is 0.524. The summed E-state index contributed by atoms with van der Waals surface area (Å²) in [4.78, 5) is 0. The van der Waals surface area contributed by atoms with Crippen LogP contribution in [0.4, 0.5) is 0 Å². The van der Waals surface area contributed by atoms with Crippen molar-refractivity contribution in [3.05, 3.63) is 51.8 Å². The van der Waals surface area contributed by atoms with Crippen LogP contribution in [0.15, 0.2) is 24.3 Å². The Labute approximate surface area is 132 Å². The lowest BCUT2D eigenvalue weighted by atomic mass is 9.97. The molecule has 114 valence electrons. The maximum atomic E-state index is 6.11. The summed E-state index contributed by atoms with van der Waals surface area (Å²) in [5, 5.41) is 8.99. The van der Waals surface area contributed by atoms with Crippen LogP contribution in [-0.4, -0.2) is 16.3 Å². The zero-order chi connectivity index (χ0) is 15.4. The van der Waals surface area contributed by atoms with Crippen molar-refractivity contribution >= 4 is 11.6 Å². The van der Waals surface area contributed by atoms with Gasteiger partial charge in [0, 0.05) is 29.4 Å². The van der Waals surface area contributed by atoms with Crippen molar-refractivity contribution < 1.29 is 0 Å². The SMILES string of the molecule is CCCNC(Cc1cccc(Cl)c1)c1c(C)nn(C)c1C. The lowest BCUT2D eigenvalue weighted by Gasteiger charge is -2.20. The van der Waals surface area contributed by atoms with Crippen LogP contribution < -0.4 is 5.32 Å². The van der Waals surface area contributed by atoms with Crippen molar-refractivity contribution in [2.24, 2.45) is 7.05 Å². The average Bonchev–Trinajstić information content (AvgIpc) is 2.68. The molecule has 1 unspecified atom stereocenters. The second-order valence-electron chi connectivity index (χ2n) is 5.55. The summed E-state index contributed by atoms with van der Waals surface area (Å²) in [6.07, 6.45) is 2.04. The summed E-state index contributed by atoms with van der Waals surface area (Å²) >= 11 is 6.11. The fraction of sp³-hybridized carbons (Fsp3) is 0.471. The van der Waals surface area contributed by atoms with Gasteiger partial charge < -0.3 is 5.32 Å². The summed E-state index contributed by atoms with van der Waals surface area (Å²) in [5.74, 6) is 0. The van der Waals surface area contributed by atoms with Crippen molar-refractivity contribution in [1.82, 2.24) is 15.1 Å². The number of halogens is 1. The maximum absolute atomic E-state index is 6.11. The van der Waals surface area contributed by atoms with E-state index < -0.39 is 0 Å². The summed E-state index contributed by atoms with van der Waals surface area (Å²) in [7, 11) is 2.00. The molecule has 0 saturated carbocycles. The molecule has 0 aliphatic carbocycles. The van der Waals surface area contributed by atoms with Gasteiger partial charge in [0.1, 0.15) is 0 Å². The first-order chi connectivity index (χ1) is 10.0. The quantitative estimate of drug-likeness (QED) is 0.875. The Morgan fingerprint density at radius 1 is 1.33 bits per heavy atom. The number of nitrogens with zero attached hydrogens (tertiary/aromatic N) is 2. The molecule has 0 saturated heterocycles. The number of nitrogens with one attached hydrogen (secondary N) is 1. The van der Waals surface area contributed by atoms with Crippen LogP contribution in [0, 0.1) is 13.8 Å². The molecule has 0 bridgehead atoms. The summed E-state index contributed by atoms with van der Waals surface area (Å²) in [6.45, 7) is 7.40. The van der Waals surface area contributed by atoms with Gasteiger partial charge in [-0.15, -0.1) is 0 Å². The molecule has 0 spiro atoms. The van der Waals surface area contributed by atoms with E-state index >= 15 is 0 Å². The summed E-state index contributed by atoms with van der Waals surface area (Å²) in [5.41, 5.74) is 4.89. The van der Waals surface area contributed by atoms with Gasteiger partial charge in [0.25, 0.3) is 0 Å². The minimum Gasteiger partial charge on any atom is -0.310 e. The van der Waals surface area contributed by atoms with Gasteiger partial charge in [-0.2, -0.15) is 5.10 Å². The fourth-order valence-electron chi connectivity index (χ4n) is 2.79. The minimum absolute atomic E-state index is 0.275. The molecule has 0 amide bonds. The fourth-order valence-corrected chi connectivity index (χ4v) is 3.00.